The number of carbonyl (C=O) groups excluding carboxylic acids is 3. The van der Waals surface area contributed by atoms with Crippen LogP contribution in [0.15, 0.2) is 36.4 Å². The molecule has 6 rings (SSSR count). The third-order valence-electron chi connectivity index (χ3n) is 9.16. The third kappa shape index (κ3) is 5.39. The van der Waals surface area contributed by atoms with Crippen molar-refractivity contribution in [3.63, 3.8) is 0 Å². The lowest BCUT2D eigenvalue weighted by atomic mass is 10.1. The summed E-state index contributed by atoms with van der Waals surface area (Å²) in [5, 5.41) is 2.86. The maximum absolute atomic E-state index is 13.9. The van der Waals surface area contributed by atoms with E-state index in [1.165, 1.54) is 4.90 Å². The number of benzene rings is 1. The zero-order valence-electron chi connectivity index (χ0n) is 23.7. The number of fused-ring (bicyclic) bond motifs is 3. The van der Waals surface area contributed by atoms with Gasteiger partial charge in [-0.3, -0.25) is 19.1 Å². The number of nitrogens with zero attached hydrogens (tertiary/aromatic N) is 2. The number of carbonyl (C=O) groups is 3. The van der Waals surface area contributed by atoms with Gasteiger partial charge in [0.2, 0.25) is 21.8 Å². The summed E-state index contributed by atoms with van der Waals surface area (Å²) in [5.41, 5.74) is 6.42. The Morgan fingerprint density at radius 2 is 1.98 bits per heavy atom. The average molecular weight is 599 g/mol. The van der Waals surface area contributed by atoms with Crippen LogP contribution in [0.3, 0.4) is 0 Å². The first-order chi connectivity index (χ1) is 20.0. The van der Waals surface area contributed by atoms with Crippen LogP contribution in [0.2, 0.25) is 0 Å². The fourth-order valence-electron chi connectivity index (χ4n) is 5.98. The summed E-state index contributed by atoms with van der Waals surface area (Å²) < 4.78 is 33.2. The number of rotatable bonds is 5. The minimum Gasteiger partial charge on any atom is -0.459 e. The van der Waals surface area contributed by atoms with Crippen LogP contribution < -0.4 is 20.5 Å². The van der Waals surface area contributed by atoms with Gasteiger partial charge in [-0.1, -0.05) is 37.1 Å². The molecule has 3 fully saturated rings. The molecule has 0 bridgehead atoms. The molecule has 1 aromatic heterocycles. The third-order valence-corrected chi connectivity index (χ3v) is 11.3. The second-order valence-corrected chi connectivity index (χ2v) is 14.6. The second kappa shape index (κ2) is 10.7. The van der Waals surface area contributed by atoms with Crippen molar-refractivity contribution in [2.24, 2.45) is 11.7 Å². The summed E-state index contributed by atoms with van der Waals surface area (Å²) in [6, 6.07) is 6.02. The van der Waals surface area contributed by atoms with E-state index in [2.05, 4.69) is 20.0 Å². The number of imidazole rings is 1. The van der Waals surface area contributed by atoms with Gasteiger partial charge >= 0.3 is 0 Å². The van der Waals surface area contributed by atoms with Crippen LogP contribution in [-0.4, -0.2) is 76.0 Å². The van der Waals surface area contributed by atoms with E-state index in [1.807, 2.05) is 36.4 Å². The lowest BCUT2D eigenvalue weighted by Gasteiger charge is -2.28. The quantitative estimate of drug-likeness (QED) is 0.375. The van der Waals surface area contributed by atoms with E-state index in [4.69, 9.17) is 10.5 Å². The Balaban J connectivity index is 1.25. The molecule has 1 saturated heterocycles. The van der Waals surface area contributed by atoms with E-state index < -0.39 is 50.3 Å². The van der Waals surface area contributed by atoms with E-state index in [0.29, 0.717) is 19.3 Å². The molecule has 2 saturated carbocycles. The number of aromatic nitrogens is 2. The molecule has 12 nitrogen and oxygen atoms in total. The normalized spacial score (nSPS) is 32.1. The molecular weight excluding hydrogens is 560 g/mol. The number of hydrogen-bond acceptors (Lipinski definition) is 8. The van der Waals surface area contributed by atoms with Crippen molar-refractivity contribution in [2.45, 2.75) is 93.2 Å². The van der Waals surface area contributed by atoms with Gasteiger partial charge in [-0.25, -0.2) is 8.42 Å². The lowest BCUT2D eigenvalue weighted by Crippen LogP contribution is -2.58. The van der Waals surface area contributed by atoms with Crippen LogP contribution in [0.4, 0.5) is 0 Å². The van der Waals surface area contributed by atoms with Crippen LogP contribution in [-0.2, 0) is 24.4 Å². The summed E-state index contributed by atoms with van der Waals surface area (Å²) >= 11 is 0. The van der Waals surface area contributed by atoms with Crippen molar-refractivity contribution in [3.05, 3.63) is 36.4 Å². The van der Waals surface area contributed by atoms with Crippen LogP contribution >= 0.6 is 0 Å². The number of ether oxygens (including phenoxy) is 1. The molecule has 2 aromatic rings. The standard InChI is InChI=1S/C29H38N6O6S/c1-28(13-14-28)42(39,40)34-26(38)29-16-18(29)9-5-3-2-4-6-10-20(30)25(37)35-17-19(15-23(35)24(36)33-29)41-27-31-21-11-7-8-12-22(21)32-27/h5,7-9,11-12,18-20,23H,2-4,6,10,13-17,30H2,1H3,(H,31,32)(H,33,36)(H,34,38)/b9-5-/t18-,19-,20+,23+,29-/m1/s1. The van der Waals surface area contributed by atoms with Gasteiger partial charge in [0.1, 0.15) is 17.7 Å². The number of amides is 3. The van der Waals surface area contributed by atoms with E-state index in [1.54, 1.807) is 6.92 Å². The zero-order valence-corrected chi connectivity index (χ0v) is 24.5. The molecule has 1 aromatic carbocycles. The van der Waals surface area contributed by atoms with Crippen molar-refractivity contribution in [1.82, 2.24) is 24.9 Å². The number of para-hydroxylation sites is 2. The van der Waals surface area contributed by atoms with Gasteiger partial charge in [0, 0.05) is 12.3 Å². The maximum Gasteiger partial charge on any atom is 0.294 e. The number of nitrogens with one attached hydrogen (secondary N) is 3. The molecule has 226 valence electrons. The number of hydrogen-bond donors (Lipinski definition) is 4. The Labute approximate surface area is 244 Å². The second-order valence-electron chi connectivity index (χ2n) is 12.4. The van der Waals surface area contributed by atoms with Gasteiger partial charge in [-0.2, -0.15) is 4.98 Å². The average Bonchev–Trinajstić information content (AvgIpc) is 3.76. The molecule has 5 N–H and O–H groups in total. The zero-order chi connectivity index (χ0) is 29.7. The fourth-order valence-corrected chi connectivity index (χ4v) is 7.30. The number of aromatic amines is 1. The number of sulfonamides is 1. The van der Waals surface area contributed by atoms with Crippen molar-refractivity contribution in [3.8, 4) is 6.01 Å². The Bertz CT molecular complexity index is 1500. The molecule has 4 aliphatic rings. The highest BCUT2D eigenvalue weighted by Crippen LogP contribution is 2.47. The summed E-state index contributed by atoms with van der Waals surface area (Å²) in [5.74, 6) is -1.99. The molecule has 2 aliphatic carbocycles. The molecule has 0 radical (unpaired) electrons. The molecule has 2 aliphatic heterocycles. The summed E-state index contributed by atoms with van der Waals surface area (Å²) in [4.78, 5) is 49.9. The lowest BCUT2D eigenvalue weighted by molar-refractivity contribution is -0.140. The maximum atomic E-state index is 13.9. The Hall–Kier alpha value is -3.45. The van der Waals surface area contributed by atoms with Crippen molar-refractivity contribution >= 4 is 38.8 Å². The molecule has 0 unspecified atom stereocenters. The van der Waals surface area contributed by atoms with Crippen molar-refractivity contribution in [1.29, 1.82) is 0 Å². The highest BCUT2D eigenvalue weighted by Gasteiger charge is 2.63. The van der Waals surface area contributed by atoms with Gasteiger partial charge < -0.3 is 25.7 Å². The molecule has 0 spiro atoms. The summed E-state index contributed by atoms with van der Waals surface area (Å²) in [6.07, 6.45) is 8.53. The molecule has 3 amide bonds. The Morgan fingerprint density at radius 1 is 1.19 bits per heavy atom. The van der Waals surface area contributed by atoms with Crippen molar-refractivity contribution < 1.29 is 27.5 Å². The predicted molar refractivity (Wildman–Crippen MR) is 155 cm³/mol. The predicted octanol–water partition coefficient (Wildman–Crippen LogP) is 1.63. The Kier molecular flexibility index (Phi) is 7.28. The summed E-state index contributed by atoms with van der Waals surface area (Å²) in [6.45, 7) is 1.73. The van der Waals surface area contributed by atoms with Crippen LogP contribution in [0.5, 0.6) is 6.01 Å². The minimum absolute atomic E-state index is 0.122. The molecular formula is C29H38N6O6S. The first-order valence-corrected chi connectivity index (χ1v) is 16.2. The van der Waals surface area contributed by atoms with Gasteiger partial charge in [0.15, 0.2) is 0 Å². The van der Waals surface area contributed by atoms with Crippen LogP contribution in [0.25, 0.3) is 11.0 Å². The van der Waals surface area contributed by atoms with Gasteiger partial charge in [0.05, 0.1) is 28.4 Å². The smallest absolute Gasteiger partial charge is 0.294 e. The number of H-pyrrole nitrogens is 1. The molecule has 13 heteroatoms. The molecule has 3 heterocycles. The largest absolute Gasteiger partial charge is 0.459 e. The monoisotopic (exact) mass is 598 g/mol. The summed E-state index contributed by atoms with van der Waals surface area (Å²) in [7, 11) is -3.90. The van der Waals surface area contributed by atoms with E-state index in [9.17, 15) is 22.8 Å². The molecule has 42 heavy (non-hydrogen) atoms. The SMILES string of the molecule is CC1(S(=O)(=O)NC(=O)[C@@]23C[C@H]2/C=C\CCCCC[C@H](N)C(=O)N2C[C@H](Oc4nc5ccccc5[nH]4)C[C@H]2C(=O)N3)CC1. The van der Waals surface area contributed by atoms with E-state index in [-0.39, 0.29) is 37.2 Å². The van der Waals surface area contributed by atoms with E-state index >= 15 is 0 Å². The Morgan fingerprint density at radius 3 is 2.74 bits per heavy atom. The molecule has 5 atom stereocenters. The van der Waals surface area contributed by atoms with Gasteiger partial charge in [0.25, 0.3) is 11.9 Å². The van der Waals surface area contributed by atoms with Crippen LogP contribution in [0, 0.1) is 5.92 Å². The van der Waals surface area contributed by atoms with Crippen LogP contribution in [0.1, 0.15) is 64.7 Å². The number of allylic oxidation sites excluding steroid dienone is 1. The highest BCUT2D eigenvalue weighted by atomic mass is 32.2. The topological polar surface area (TPSA) is 177 Å². The highest BCUT2D eigenvalue weighted by molar-refractivity contribution is 7.91. The first-order valence-electron chi connectivity index (χ1n) is 14.7. The minimum atomic E-state index is -3.90. The first kappa shape index (κ1) is 28.7. The van der Waals surface area contributed by atoms with Gasteiger partial charge in [-0.05, 0) is 57.6 Å². The van der Waals surface area contributed by atoms with E-state index in [0.717, 1.165) is 36.7 Å². The van der Waals surface area contributed by atoms with Crippen molar-refractivity contribution in [2.75, 3.05) is 6.54 Å². The number of nitrogens with two attached hydrogens (primary N) is 1. The fraction of sp³-hybridized carbons (Fsp3) is 0.586. The van der Waals surface area contributed by atoms with Gasteiger partial charge in [-0.15, -0.1) is 0 Å².